The van der Waals surface area contributed by atoms with Gasteiger partial charge in [0.05, 0.1) is 12.6 Å². The molecule has 0 aliphatic rings. The second kappa shape index (κ2) is 15.7. The van der Waals surface area contributed by atoms with E-state index >= 15 is 0 Å². The molecule has 0 aromatic heterocycles. The lowest BCUT2D eigenvalue weighted by Crippen LogP contribution is -2.54. The average molecular weight is 590 g/mol. The molecule has 0 bridgehead atoms. The minimum absolute atomic E-state index is 0.0666. The number of primary amides is 1. The van der Waals surface area contributed by atoms with Crippen LogP contribution in [-0.2, 0) is 36.8 Å². The molecule has 0 fully saturated rings. The first-order valence-corrected chi connectivity index (χ1v) is 13.6. The molecule has 226 valence electrons. The monoisotopic (exact) mass is 589 g/mol. The molecule has 0 saturated heterocycles. The third-order valence-corrected chi connectivity index (χ3v) is 6.51. The fourth-order valence-electron chi connectivity index (χ4n) is 4.17. The Morgan fingerprint density at radius 3 is 1.98 bits per heavy atom. The number of phenolic OH excluding ortho intramolecular Hbond substituents is 1. The predicted molar refractivity (Wildman–Crippen MR) is 159 cm³/mol. The first-order chi connectivity index (χ1) is 21.1. The fraction of sp³-hybridized carbons (Fsp3) is 0.258. The van der Waals surface area contributed by atoms with Crippen molar-refractivity contribution in [3.63, 3.8) is 0 Å². The SMILES string of the molecule is [2H]N[C@@H](Cc1ccc(O)cc1)C(=O)N[C@@H](C)C(=O)NCC(=O)N[C@@H](Cc1ccccc1)C(=O)N[C@H](C(N)=O)c1ccccc1. The summed E-state index contributed by atoms with van der Waals surface area (Å²) in [6, 6.07) is 19.3. The van der Waals surface area contributed by atoms with Crippen molar-refractivity contribution in [1.29, 1.82) is 0 Å². The summed E-state index contributed by atoms with van der Waals surface area (Å²) < 4.78 is 7.49. The van der Waals surface area contributed by atoms with Crippen molar-refractivity contribution in [1.82, 2.24) is 21.3 Å². The van der Waals surface area contributed by atoms with Gasteiger partial charge in [0, 0.05) is 6.42 Å². The zero-order valence-corrected chi connectivity index (χ0v) is 23.6. The number of aromatic hydroxyl groups is 1. The Balaban J connectivity index is 1.59. The maximum absolute atomic E-state index is 13.3. The summed E-state index contributed by atoms with van der Waals surface area (Å²) in [5.41, 5.74) is 9.61. The lowest BCUT2D eigenvalue weighted by atomic mass is 10.0. The van der Waals surface area contributed by atoms with Crippen molar-refractivity contribution in [3.05, 3.63) is 102 Å². The molecule has 0 unspecified atom stereocenters. The van der Waals surface area contributed by atoms with Crippen molar-refractivity contribution in [2.75, 3.05) is 6.54 Å². The molecule has 0 aliphatic carbocycles. The molecule has 3 aromatic rings. The zero-order valence-electron chi connectivity index (χ0n) is 24.6. The predicted octanol–water partition coefficient (Wildman–Crippen LogP) is -0.0468. The summed E-state index contributed by atoms with van der Waals surface area (Å²) in [4.78, 5) is 63.5. The quantitative estimate of drug-likeness (QED) is 0.129. The smallest absolute Gasteiger partial charge is 0.244 e. The molecule has 12 nitrogen and oxygen atoms in total. The van der Waals surface area contributed by atoms with Crippen LogP contribution in [-0.4, -0.2) is 59.3 Å². The number of nitrogens with two attached hydrogens (primary N) is 2. The first kappa shape index (κ1) is 30.7. The highest BCUT2D eigenvalue weighted by atomic mass is 16.3. The van der Waals surface area contributed by atoms with Gasteiger partial charge < -0.3 is 37.8 Å². The van der Waals surface area contributed by atoms with Gasteiger partial charge in [-0.05, 0) is 42.2 Å². The molecule has 43 heavy (non-hydrogen) atoms. The van der Waals surface area contributed by atoms with Crippen LogP contribution in [0, 0.1) is 0 Å². The highest BCUT2D eigenvalue weighted by Crippen LogP contribution is 2.13. The van der Waals surface area contributed by atoms with E-state index in [9.17, 15) is 29.1 Å². The zero-order chi connectivity index (χ0) is 32.1. The van der Waals surface area contributed by atoms with Gasteiger partial charge in [-0.15, -0.1) is 0 Å². The highest BCUT2D eigenvalue weighted by Gasteiger charge is 2.27. The Bertz CT molecular complexity index is 1420. The lowest BCUT2D eigenvalue weighted by molar-refractivity contribution is -0.132. The Morgan fingerprint density at radius 1 is 0.767 bits per heavy atom. The Morgan fingerprint density at radius 2 is 1.37 bits per heavy atom. The van der Waals surface area contributed by atoms with E-state index in [4.69, 9.17) is 7.15 Å². The third kappa shape index (κ3) is 10.3. The Hall–Kier alpha value is -5.23. The standard InChI is InChI=1S/C31H36N6O6/c1-19(35-30(42)24(32)16-21-12-14-23(38)15-13-21)29(41)34-18-26(39)36-25(17-20-8-4-2-5-9-20)31(43)37-27(28(33)40)22-10-6-3-7-11-22/h2-15,19,24-25,27,38H,16-18,32H2,1H3,(H2,33,40)(H,34,41)(H,35,42)(H,36,39)(H,37,43)/t19-,24-,25-,27-/m0/s1/i/hD. The van der Waals surface area contributed by atoms with E-state index in [2.05, 4.69) is 27.0 Å². The molecular weight excluding hydrogens is 552 g/mol. The molecular formula is C31H36N6O6. The normalized spacial score (nSPS) is 13.7. The molecule has 0 heterocycles. The molecule has 0 radical (unpaired) electrons. The van der Waals surface area contributed by atoms with E-state index in [1.807, 2.05) is 0 Å². The van der Waals surface area contributed by atoms with E-state index in [0.29, 0.717) is 11.1 Å². The van der Waals surface area contributed by atoms with Crippen molar-refractivity contribution in [2.45, 2.75) is 43.9 Å². The fourth-order valence-corrected chi connectivity index (χ4v) is 4.17. The summed E-state index contributed by atoms with van der Waals surface area (Å²) in [6.45, 7) is 0.926. The number of hydrogen-bond acceptors (Lipinski definition) is 7. The van der Waals surface area contributed by atoms with Crippen LogP contribution in [0.5, 0.6) is 5.75 Å². The summed E-state index contributed by atoms with van der Waals surface area (Å²) in [5.74, 6) is -3.31. The number of amides is 5. The number of benzene rings is 3. The molecule has 4 atom stereocenters. The van der Waals surface area contributed by atoms with Crippen molar-refractivity contribution < 1.29 is 30.5 Å². The minimum atomic E-state index is -1.13. The molecule has 3 aromatic carbocycles. The van der Waals surface area contributed by atoms with E-state index in [1.165, 1.54) is 19.1 Å². The third-order valence-electron chi connectivity index (χ3n) is 6.51. The summed E-state index contributed by atoms with van der Waals surface area (Å²) in [5, 5.41) is 19.6. The van der Waals surface area contributed by atoms with Crippen LogP contribution in [0.3, 0.4) is 0 Å². The van der Waals surface area contributed by atoms with Gasteiger partial charge in [-0.25, -0.2) is 0 Å². The van der Waals surface area contributed by atoms with Crippen LogP contribution in [0.1, 0.15) is 29.7 Å². The van der Waals surface area contributed by atoms with Crippen molar-refractivity contribution in [2.24, 2.45) is 11.5 Å². The van der Waals surface area contributed by atoms with Gasteiger partial charge >= 0.3 is 0 Å². The van der Waals surface area contributed by atoms with Gasteiger partial charge in [0.15, 0.2) is 0 Å². The molecule has 0 saturated carbocycles. The van der Waals surface area contributed by atoms with Crippen LogP contribution in [0.2, 0.25) is 1.41 Å². The van der Waals surface area contributed by atoms with Gasteiger partial charge in [0.25, 0.3) is 0 Å². The van der Waals surface area contributed by atoms with Crippen LogP contribution in [0.15, 0.2) is 84.9 Å². The number of phenols is 1. The van der Waals surface area contributed by atoms with E-state index in [1.54, 1.807) is 72.8 Å². The van der Waals surface area contributed by atoms with Gasteiger partial charge in [-0.1, -0.05) is 72.8 Å². The number of rotatable bonds is 15. The maximum Gasteiger partial charge on any atom is 0.244 e. The minimum Gasteiger partial charge on any atom is -0.508 e. The Kier molecular flexibility index (Phi) is 11.2. The second-order valence-electron chi connectivity index (χ2n) is 9.94. The summed E-state index contributed by atoms with van der Waals surface area (Å²) >= 11 is 0. The molecule has 0 spiro atoms. The largest absolute Gasteiger partial charge is 0.508 e. The van der Waals surface area contributed by atoms with E-state index < -0.39 is 60.2 Å². The lowest BCUT2D eigenvalue weighted by Gasteiger charge is -2.23. The van der Waals surface area contributed by atoms with Crippen molar-refractivity contribution in [3.8, 4) is 5.75 Å². The van der Waals surface area contributed by atoms with Crippen LogP contribution in [0.25, 0.3) is 0 Å². The molecule has 0 aliphatic heterocycles. The molecule has 3 rings (SSSR count). The summed E-state index contributed by atoms with van der Waals surface area (Å²) in [7, 11) is 0. The summed E-state index contributed by atoms with van der Waals surface area (Å²) in [6.07, 6.45) is 0.236. The van der Waals surface area contributed by atoms with Crippen LogP contribution in [0.4, 0.5) is 0 Å². The van der Waals surface area contributed by atoms with Gasteiger partial charge in [0.1, 0.15) is 25.3 Å². The topological polar surface area (TPSA) is 206 Å². The van der Waals surface area contributed by atoms with Crippen LogP contribution < -0.4 is 32.7 Å². The Labute approximate surface area is 250 Å². The number of carbonyl (C=O) groups is 5. The van der Waals surface area contributed by atoms with Gasteiger partial charge in [-0.2, -0.15) is 0 Å². The maximum atomic E-state index is 13.3. The van der Waals surface area contributed by atoms with E-state index in [-0.39, 0.29) is 18.6 Å². The van der Waals surface area contributed by atoms with Gasteiger partial charge in [0.2, 0.25) is 29.5 Å². The molecule has 12 heteroatoms. The number of nitrogens with one attached hydrogen (secondary N) is 4. The second-order valence-corrected chi connectivity index (χ2v) is 9.94. The van der Waals surface area contributed by atoms with Crippen LogP contribution >= 0.6 is 0 Å². The van der Waals surface area contributed by atoms with E-state index in [0.717, 1.165) is 5.56 Å². The first-order valence-electron chi connectivity index (χ1n) is 14.1. The number of carbonyl (C=O) groups excluding carboxylic acids is 5. The van der Waals surface area contributed by atoms with Crippen molar-refractivity contribution >= 4 is 29.5 Å². The average Bonchev–Trinajstić information content (AvgIpc) is 3.02. The molecule has 9 N–H and O–H groups in total. The molecule has 5 amide bonds. The number of hydrogen-bond donors (Lipinski definition) is 7. The highest BCUT2D eigenvalue weighted by molar-refractivity contribution is 5.94. The van der Waals surface area contributed by atoms with Gasteiger partial charge in [-0.3, -0.25) is 24.0 Å².